The summed E-state index contributed by atoms with van der Waals surface area (Å²) >= 11 is 0. The average Bonchev–Trinajstić information content (AvgIpc) is 3.37. The minimum absolute atomic E-state index is 0.0209. The number of nitrogens with zero attached hydrogens (tertiary/aromatic N) is 3. The number of amides is 3. The van der Waals surface area contributed by atoms with Gasteiger partial charge in [-0.05, 0) is 45.1 Å². The molecular weight excluding hydrogens is 382 g/mol. The van der Waals surface area contributed by atoms with Crippen molar-refractivity contribution in [3.63, 3.8) is 0 Å². The summed E-state index contributed by atoms with van der Waals surface area (Å²) in [4.78, 5) is 45.3. The topological polar surface area (TPSA) is 74.1 Å². The summed E-state index contributed by atoms with van der Waals surface area (Å²) in [6.07, 6.45) is 7.20. The van der Waals surface area contributed by atoms with Gasteiger partial charge in [0, 0.05) is 44.6 Å². The van der Waals surface area contributed by atoms with Crippen LogP contribution in [0.15, 0.2) is 22.6 Å². The molecule has 7 heteroatoms. The molecule has 0 aliphatic carbocycles. The fourth-order valence-electron chi connectivity index (χ4n) is 6.00. The van der Waals surface area contributed by atoms with Gasteiger partial charge in [0.05, 0.1) is 5.56 Å². The third-order valence-electron chi connectivity index (χ3n) is 7.28. The molecule has 0 aromatic carbocycles. The van der Waals surface area contributed by atoms with E-state index in [1.807, 2.05) is 40.7 Å². The fraction of sp³-hybridized carbons (Fsp3) is 0.609. The number of piperidine rings is 3. The molecule has 3 amide bonds. The molecule has 4 aliphatic heterocycles. The molecule has 160 valence electrons. The summed E-state index contributed by atoms with van der Waals surface area (Å²) in [7, 11) is 0. The highest BCUT2D eigenvalue weighted by atomic mass is 16.3. The Labute approximate surface area is 176 Å². The van der Waals surface area contributed by atoms with E-state index < -0.39 is 6.04 Å². The number of likely N-dealkylation sites (tertiary alicyclic amines) is 1. The zero-order valence-corrected chi connectivity index (χ0v) is 17.7. The highest BCUT2D eigenvalue weighted by Crippen LogP contribution is 2.42. The molecule has 5 heterocycles. The van der Waals surface area contributed by atoms with Gasteiger partial charge in [0.2, 0.25) is 11.8 Å². The average molecular weight is 412 g/mol. The van der Waals surface area contributed by atoms with Crippen molar-refractivity contribution >= 4 is 17.7 Å². The van der Waals surface area contributed by atoms with E-state index in [1.165, 1.54) is 0 Å². The Bertz CT molecular complexity index is 912. The van der Waals surface area contributed by atoms with E-state index in [9.17, 15) is 14.4 Å². The predicted molar refractivity (Wildman–Crippen MR) is 110 cm³/mol. The van der Waals surface area contributed by atoms with Crippen molar-refractivity contribution in [1.29, 1.82) is 0 Å². The number of fused-ring (bicyclic) bond motifs is 4. The van der Waals surface area contributed by atoms with Crippen LogP contribution in [0.5, 0.6) is 0 Å². The Balaban J connectivity index is 1.46. The molecule has 2 bridgehead atoms. The lowest BCUT2D eigenvalue weighted by molar-refractivity contribution is -0.163. The van der Waals surface area contributed by atoms with E-state index in [2.05, 4.69) is 0 Å². The summed E-state index contributed by atoms with van der Waals surface area (Å²) in [5.41, 5.74) is 0.607. The van der Waals surface area contributed by atoms with Gasteiger partial charge in [-0.2, -0.15) is 0 Å². The number of aryl methyl sites for hydroxylation is 2. The van der Waals surface area contributed by atoms with Gasteiger partial charge in [0.1, 0.15) is 17.6 Å². The van der Waals surface area contributed by atoms with Crippen molar-refractivity contribution in [2.45, 2.75) is 51.6 Å². The fourth-order valence-corrected chi connectivity index (χ4v) is 6.00. The molecule has 30 heavy (non-hydrogen) atoms. The van der Waals surface area contributed by atoms with Gasteiger partial charge in [-0.15, -0.1) is 0 Å². The van der Waals surface area contributed by atoms with Crippen molar-refractivity contribution < 1.29 is 18.8 Å². The van der Waals surface area contributed by atoms with Crippen LogP contribution in [-0.4, -0.2) is 70.7 Å². The normalized spacial score (nSPS) is 30.6. The molecule has 0 unspecified atom stereocenters. The summed E-state index contributed by atoms with van der Waals surface area (Å²) in [5, 5.41) is 0. The molecule has 7 nitrogen and oxygen atoms in total. The first-order valence-corrected chi connectivity index (χ1v) is 11.1. The second-order valence-corrected chi connectivity index (χ2v) is 9.21. The smallest absolute Gasteiger partial charge is 0.257 e. The Kier molecular flexibility index (Phi) is 4.71. The summed E-state index contributed by atoms with van der Waals surface area (Å²) in [6.45, 7) is 6.02. The van der Waals surface area contributed by atoms with Crippen LogP contribution in [0.4, 0.5) is 0 Å². The minimum atomic E-state index is -0.457. The molecule has 0 radical (unpaired) electrons. The maximum atomic E-state index is 13.5. The summed E-state index contributed by atoms with van der Waals surface area (Å²) in [6, 6.07) is 1.40. The maximum absolute atomic E-state index is 13.5. The first-order valence-electron chi connectivity index (χ1n) is 11.1. The van der Waals surface area contributed by atoms with Crippen molar-refractivity contribution in [3.05, 3.63) is 35.3 Å². The predicted octanol–water partition coefficient (Wildman–Crippen LogP) is 2.14. The highest BCUT2D eigenvalue weighted by Gasteiger charge is 2.53. The molecule has 0 N–H and O–H groups in total. The van der Waals surface area contributed by atoms with Crippen LogP contribution < -0.4 is 0 Å². The van der Waals surface area contributed by atoms with E-state index in [1.54, 1.807) is 6.07 Å². The zero-order valence-electron chi connectivity index (χ0n) is 17.7. The highest BCUT2D eigenvalue weighted by molar-refractivity contribution is 5.96. The first-order chi connectivity index (χ1) is 14.4. The lowest BCUT2D eigenvalue weighted by Gasteiger charge is -2.56. The van der Waals surface area contributed by atoms with Crippen molar-refractivity contribution in [3.8, 4) is 0 Å². The van der Waals surface area contributed by atoms with Crippen molar-refractivity contribution in [2.75, 3.05) is 26.2 Å². The monoisotopic (exact) mass is 411 g/mol. The van der Waals surface area contributed by atoms with E-state index in [0.29, 0.717) is 43.9 Å². The van der Waals surface area contributed by atoms with Gasteiger partial charge in [-0.1, -0.05) is 12.2 Å². The van der Waals surface area contributed by atoms with Crippen LogP contribution in [0.2, 0.25) is 0 Å². The summed E-state index contributed by atoms with van der Waals surface area (Å²) < 4.78 is 5.58. The third kappa shape index (κ3) is 3.06. The molecule has 5 rings (SSSR count). The van der Waals surface area contributed by atoms with E-state index in [0.717, 1.165) is 25.0 Å². The standard InChI is InChI=1S/C23H29N3O4/c1-14-10-18(15(2)30-14)22(28)25-12-16-11-17(13-25)21(23(29)24-8-3-4-9-24)26-19(16)6-5-7-20(26)27/h3-4,10,16-17,19,21H,5-9,11-13H2,1-2H3/t16-,17+,19-,21+/m0/s1. The van der Waals surface area contributed by atoms with E-state index >= 15 is 0 Å². The van der Waals surface area contributed by atoms with Gasteiger partial charge in [-0.25, -0.2) is 0 Å². The van der Waals surface area contributed by atoms with Crippen LogP contribution in [0.25, 0.3) is 0 Å². The van der Waals surface area contributed by atoms with Crippen LogP contribution in [0.1, 0.15) is 47.6 Å². The summed E-state index contributed by atoms with van der Waals surface area (Å²) in [5.74, 6) is 1.69. The Morgan fingerprint density at radius 1 is 1.07 bits per heavy atom. The molecule has 3 fully saturated rings. The van der Waals surface area contributed by atoms with Gasteiger partial charge < -0.3 is 19.1 Å². The Hall–Kier alpha value is -2.57. The zero-order chi connectivity index (χ0) is 21.0. The van der Waals surface area contributed by atoms with Gasteiger partial charge >= 0.3 is 0 Å². The van der Waals surface area contributed by atoms with Crippen LogP contribution in [-0.2, 0) is 9.59 Å². The van der Waals surface area contributed by atoms with Crippen LogP contribution in [0, 0.1) is 25.7 Å². The second-order valence-electron chi connectivity index (χ2n) is 9.21. The number of carbonyl (C=O) groups excluding carboxylic acids is 3. The van der Waals surface area contributed by atoms with Gasteiger partial charge in [0.15, 0.2) is 0 Å². The number of hydrogen-bond acceptors (Lipinski definition) is 4. The quantitative estimate of drug-likeness (QED) is 0.699. The molecule has 4 atom stereocenters. The molecular formula is C23H29N3O4. The molecule has 0 spiro atoms. The molecule has 4 aliphatic rings. The minimum Gasteiger partial charge on any atom is -0.466 e. The number of hydrogen-bond donors (Lipinski definition) is 0. The molecule has 0 saturated carbocycles. The molecule has 3 saturated heterocycles. The Morgan fingerprint density at radius 2 is 1.80 bits per heavy atom. The van der Waals surface area contributed by atoms with Crippen molar-refractivity contribution in [2.24, 2.45) is 11.8 Å². The van der Waals surface area contributed by atoms with E-state index in [-0.39, 0.29) is 35.6 Å². The third-order valence-corrected chi connectivity index (χ3v) is 7.28. The second kappa shape index (κ2) is 7.29. The first kappa shape index (κ1) is 19.4. The van der Waals surface area contributed by atoms with Crippen LogP contribution in [0.3, 0.4) is 0 Å². The SMILES string of the molecule is Cc1cc(C(=O)N2C[C@@H]3C[C@H](C2)[C@H](C(=O)N2CC=CC2)N2C(=O)CCC[C@@H]32)c(C)o1. The number of rotatable bonds is 2. The molecule has 1 aromatic heterocycles. The number of furan rings is 1. The van der Waals surface area contributed by atoms with Crippen molar-refractivity contribution in [1.82, 2.24) is 14.7 Å². The lowest BCUT2D eigenvalue weighted by atomic mass is 9.71. The van der Waals surface area contributed by atoms with Gasteiger partial charge in [0.25, 0.3) is 5.91 Å². The largest absolute Gasteiger partial charge is 0.466 e. The van der Waals surface area contributed by atoms with E-state index in [4.69, 9.17) is 4.42 Å². The molecule has 1 aromatic rings. The maximum Gasteiger partial charge on any atom is 0.257 e. The Morgan fingerprint density at radius 3 is 2.50 bits per heavy atom. The lowest BCUT2D eigenvalue weighted by Crippen LogP contribution is -2.68. The van der Waals surface area contributed by atoms with Crippen LogP contribution >= 0.6 is 0 Å². The number of carbonyl (C=O) groups is 3. The van der Waals surface area contributed by atoms with Gasteiger partial charge in [-0.3, -0.25) is 14.4 Å².